The smallest absolute Gasteiger partial charge is 0.375 e. The van der Waals surface area contributed by atoms with Gasteiger partial charge >= 0.3 is 9.53 Å². The normalized spacial score (nSPS) is 13.0. The molecule has 0 aliphatic rings. The molecule has 0 spiro atoms. The monoisotopic (exact) mass is 325 g/mol. The lowest BCUT2D eigenvalue weighted by molar-refractivity contribution is 0.0896. The van der Waals surface area contributed by atoms with Gasteiger partial charge in [0.1, 0.15) is 0 Å². The van der Waals surface area contributed by atoms with E-state index >= 15 is 0 Å². The first kappa shape index (κ1) is 18.1. The van der Waals surface area contributed by atoms with Crippen molar-refractivity contribution in [3.8, 4) is 0 Å². The highest BCUT2D eigenvalue weighted by Crippen LogP contribution is 2.20. The molecule has 1 radical (unpaired) electrons. The van der Waals surface area contributed by atoms with Crippen LogP contribution in [0, 0.1) is 23.3 Å². The first-order valence-corrected chi connectivity index (χ1v) is 7.56. The fraction of sp³-hybridized carbons (Fsp3) is 0.538. The highest BCUT2D eigenvalue weighted by molar-refractivity contribution is 6.36. The van der Waals surface area contributed by atoms with E-state index in [9.17, 15) is 17.6 Å². The Morgan fingerprint density at radius 1 is 1.05 bits per heavy atom. The van der Waals surface area contributed by atoms with Crippen molar-refractivity contribution in [3.05, 3.63) is 34.9 Å². The summed E-state index contributed by atoms with van der Waals surface area (Å²) in [5, 5.41) is 0. The molecule has 119 valence electrons. The Kier molecular flexibility index (Phi) is 7.30. The number of hydrogen-bond acceptors (Lipinski definition) is 3. The number of halogens is 4. The van der Waals surface area contributed by atoms with Crippen molar-refractivity contribution in [2.45, 2.75) is 32.3 Å². The topological polar surface area (TPSA) is 27.7 Å². The van der Waals surface area contributed by atoms with Crippen LogP contribution in [-0.2, 0) is 19.7 Å². The molecule has 1 rings (SSSR count). The summed E-state index contributed by atoms with van der Waals surface area (Å²) >= 11 is 0. The van der Waals surface area contributed by atoms with Crippen molar-refractivity contribution in [1.82, 2.24) is 0 Å². The summed E-state index contributed by atoms with van der Waals surface area (Å²) in [6.07, 6.45) is 0.805. The van der Waals surface area contributed by atoms with Crippen molar-refractivity contribution in [2.75, 3.05) is 14.2 Å². The zero-order valence-electron chi connectivity index (χ0n) is 12.0. The number of aryl methyl sites for hydroxylation is 1. The van der Waals surface area contributed by atoms with Crippen LogP contribution in [0.3, 0.4) is 0 Å². The van der Waals surface area contributed by atoms with E-state index in [1.54, 1.807) is 6.92 Å². The van der Waals surface area contributed by atoms with Crippen molar-refractivity contribution < 1.29 is 30.8 Å². The molecule has 0 aromatic heterocycles. The van der Waals surface area contributed by atoms with Crippen LogP contribution < -0.4 is 0 Å². The second-order valence-electron chi connectivity index (χ2n) is 4.44. The molecule has 3 nitrogen and oxygen atoms in total. The summed E-state index contributed by atoms with van der Waals surface area (Å²) in [6.45, 7) is 1.78. The lowest BCUT2D eigenvalue weighted by Crippen LogP contribution is -2.28. The van der Waals surface area contributed by atoms with Gasteiger partial charge in [0.15, 0.2) is 23.3 Å². The summed E-state index contributed by atoms with van der Waals surface area (Å²) in [7, 11) is 1.14. The van der Waals surface area contributed by atoms with Crippen molar-refractivity contribution in [3.63, 3.8) is 0 Å². The van der Waals surface area contributed by atoms with E-state index < -0.39 is 32.8 Å². The van der Waals surface area contributed by atoms with E-state index in [0.717, 1.165) is 0 Å². The number of benzene rings is 1. The summed E-state index contributed by atoms with van der Waals surface area (Å²) in [5.41, 5.74) is -0.192. The summed E-state index contributed by atoms with van der Waals surface area (Å²) in [4.78, 5) is 0. The van der Waals surface area contributed by atoms with Crippen LogP contribution in [0.15, 0.2) is 6.07 Å². The molecular weight excluding hydrogens is 308 g/mol. The lowest BCUT2D eigenvalue weighted by atomic mass is 10.1. The predicted octanol–water partition coefficient (Wildman–Crippen LogP) is 3.25. The average Bonchev–Trinajstić information content (AvgIpc) is 2.47. The Hall–Kier alpha value is -0.963. The molecule has 0 saturated heterocycles. The van der Waals surface area contributed by atoms with Gasteiger partial charge in [-0.25, -0.2) is 17.6 Å². The van der Waals surface area contributed by atoms with Crippen LogP contribution in [0.5, 0.6) is 0 Å². The van der Waals surface area contributed by atoms with E-state index in [1.807, 2.05) is 0 Å². The Morgan fingerprint density at radius 2 is 1.67 bits per heavy atom. The number of rotatable bonds is 8. The molecule has 0 amide bonds. The molecule has 0 N–H and O–H groups in total. The van der Waals surface area contributed by atoms with Crippen LogP contribution in [-0.4, -0.2) is 29.9 Å². The van der Waals surface area contributed by atoms with Crippen molar-refractivity contribution >= 4 is 9.53 Å². The van der Waals surface area contributed by atoms with E-state index in [2.05, 4.69) is 0 Å². The molecule has 1 unspecified atom stereocenters. The highest BCUT2D eigenvalue weighted by Gasteiger charge is 2.20. The zero-order chi connectivity index (χ0) is 16.0. The van der Waals surface area contributed by atoms with Gasteiger partial charge in [0.2, 0.25) is 0 Å². The Labute approximate surface area is 122 Å². The van der Waals surface area contributed by atoms with Crippen LogP contribution in [0.25, 0.3) is 0 Å². The van der Waals surface area contributed by atoms with Crippen LogP contribution >= 0.6 is 0 Å². The molecule has 0 saturated carbocycles. The van der Waals surface area contributed by atoms with Gasteiger partial charge in [-0.15, -0.1) is 0 Å². The standard InChI is InChI=1S/C13H17F4O3Si/c1-8(20-21(18-2)19-3)5-4-6-9-7-10(14)12(16)13(17)11(9)15/h7-8H,4-6H2,1-3H3. The molecule has 1 aromatic rings. The Balaban J connectivity index is 2.53. The fourth-order valence-corrected chi connectivity index (χ4v) is 2.59. The van der Waals surface area contributed by atoms with Gasteiger partial charge in [0.05, 0.1) is 0 Å². The van der Waals surface area contributed by atoms with E-state index in [4.69, 9.17) is 13.3 Å². The summed E-state index contributed by atoms with van der Waals surface area (Å²) in [5.74, 6) is -6.31. The quantitative estimate of drug-likeness (QED) is 0.318. The molecule has 0 aliphatic heterocycles. The maximum atomic E-state index is 13.4. The second kappa shape index (κ2) is 8.47. The van der Waals surface area contributed by atoms with E-state index in [1.165, 1.54) is 14.2 Å². The molecular formula is C13H17F4O3Si. The van der Waals surface area contributed by atoms with Crippen molar-refractivity contribution in [2.24, 2.45) is 0 Å². The van der Waals surface area contributed by atoms with Crippen molar-refractivity contribution in [1.29, 1.82) is 0 Å². The van der Waals surface area contributed by atoms with Gasteiger partial charge in [-0.3, -0.25) is 0 Å². The molecule has 21 heavy (non-hydrogen) atoms. The first-order chi connectivity index (χ1) is 9.90. The van der Waals surface area contributed by atoms with Gasteiger partial charge in [-0.2, -0.15) is 0 Å². The third-order valence-corrected chi connectivity index (χ3v) is 4.13. The molecule has 0 fully saturated rings. The van der Waals surface area contributed by atoms with Gasteiger partial charge in [-0.05, 0) is 37.8 Å². The summed E-state index contributed by atoms with van der Waals surface area (Å²) < 4.78 is 67.7. The van der Waals surface area contributed by atoms with Gasteiger partial charge < -0.3 is 13.3 Å². The molecule has 0 aliphatic carbocycles. The molecule has 0 bridgehead atoms. The average molecular weight is 325 g/mol. The molecule has 1 atom stereocenters. The first-order valence-electron chi connectivity index (χ1n) is 6.34. The number of hydrogen-bond donors (Lipinski definition) is 0. The highest BCUT2D eigenvalue weighted by atomic mass is 28.3. The van der Waals surface area contributed by atoms with Gasteiger partial charge in [-0.1, -0.05) is 0 Å². The zero-order valence-corrected chi connectivity index (χ0v) is 13.0. The van der Waals surface area contributed by atoms with Crippen LogP contribution in [0.1, 0.15) is 25.3 Å². The van der Waals surface area contributed by atoms with E-state index in [0.29, 0.717) is 18.9 Å². The minimum Gasteiger partial charge on any atom is -0.375 e. The van der Waals surface area contributed by atoms with E-state index in [-0.39, 0.29) is 18.1 Å². The predicted molar refractivity (Wildman–Crippen MR) is 69.5 cm³/mol. The molecule has 8 heteroatoms. The molecule has 1 aromatic carbocycles. The SMILES string of the molecule is CO[Si](OC)OC(C)CCCc1cc(F)c(F)c(F)c1F. The summed E-state index contributed by atoms with van der Waals surface area (Å²) in [6, 6.07) is 0.679. The van der Waals surface area contributed by atoms with Gasteiger partial charge in [0, 0.05) is 20.3 Å². The maximum Gasteiger partial charge on any atom is 0.577 e. The largest absolute Gasteiger partial charge is 0.577 e. The third-order valence-electron chi connectivity index (χ3n) is 2.87. The van der Waals surface area contributed by atoms with Gasteiger partial charge in [0.25, 0.3) is 0 Å². The minimum absolute atomic E-state index is 0.0791. The Morgan fingerprint density at radius 3 is 2.24 bits per heavy atom. The Bertz CT molecular complexity index is 469. The fourth-order valence-electron chi connectivity index (χ4n) is 1.79. The second-order valence-corrected chi connectivity index (χ2v) is 5.99. The van der Waals surface area contributed by atoms with Crippen LogP contribution in [0.2, 0.25) is 0 Å². The maximum absolute atomic E-state index is 13.4. The molecule has 0 heterocycles. The third kappa shape index (κ3) is 5.06. The minimum atomic E-state index is -1.79. The lowest BCUT2D eigenvalue weighted by Gasteiger charge is -2.16. The van der Waals surface area contributed by atoms with Crippen LogP contribution in [0.4, 0.5) is 17.6 Å².